The lowest BCUT2D eigenvalue weighted by Crippen LogP contribution is -2.24. The molecule has 1 fully saturated rings. The van der Waals surface area contributed by atoms with Gasteiger partial charge in [0.05, 0.1) is 5.60 Å². The largest absolute Gasteiger partial charge is 0.370 e. The van der Waals surface area contributed by atoms with Gasteiger partial charge in [-0.2, -0.15) is 0 Å². The fraction of sp³-hybridized carbons (Fsp3) is 0.538. The molecular formula is C13H17ClO. The summed E-state index contributed by atoms with van der Waals surface area (Å²) in [6, 6.07) is 10.5. The normalized spacial score (nSPS) is 25.7. The number of hydrogen-bond donors (Lipinski definition) is 0. The number of benzene rings is 1. The van der Waals surface area contributed by atoms with Crippen molar-refractivity contribution >= 4 is 11.6 Å². The van der Waals surface area contributed by atoms with Crippen LogP contribution in [0.3, 0.4) is 0 Å². The molecule has 0 spiro atoms. The summed E-state index contributed by atoms with van der Waals surface area (Å²) in [5, 5.41) is 0. The molecule has 1 heterocycles. The van der Waals surface area contributed by atoms with E-state index in [2.05, 4.69) is 24.3 Å². The topological polar surface area (TPSA) is 9.23 Å². The molecule has 0 N–H and O–H groups in total. The first kappa shape index (κ1) is 11.0. The highest BCUT2D eigenvalue weighted by Gasteiger charge is 2.35. The summed E-state index contributed by atoms with van der Waals surface area (Å²) in [5.74, 6) is 0.720. The van der Waals surface area contributed by atoms with Gasteiger partial charge in [0.15, 0.2) is 0 Å². The van der Waals surface area contributed by atoms with Crippen molar-refractivity contribution in [3.63, 3.8) is 0 Å². The zero-order valence-electron chi connectivity index (χ0n) is 8.92. The standard InChI is InChI=1S/C13H17ClO/c14-10-4-8-13(9-5-11-15-13)12-6-2-1-3-7-12/h1-3,6-7H,4-5,8-11H2/t13-/m1/s1. The molecule has 1 saturated heterocycles. The Balaban J connectivity index is 2.19. The molecule has 0 bridgehead atoms. The molecule has 1 aliphatic rings. The van der Waals surface area contributed by atoms with Gasteiger partial charge < -0.3 is 4.74 Å². The lowest BCUT2D eigenvalue weighted by Gasteiger charge is -2.28. The van der Waals surface area contributed by atoms with Gasteiger partial charge in [0.1, 0.15) is 0 Å². The highest BCUT2D eigenvalue weighted by Crippen LogP contribution is 2.39. The van der Waals surface area contributed by atoms with Gasteiger partial charge in [-0.15, -0.1) is 11.6 Å². The molecule has 0 aliphatic carbocycles. The van der Waals surface area contributed by atoms with E-state index >= 15 is 0 Å². The predicted octanol–water partition coefficient (Wildman–Crippen LogP) is 3.71. The van der Waals surface area contributed by atoms with Crippen LogP contribution in [0.25, 0.3) is 0 Å². The molecule has 1 aliphatic heterocycles. The molecule has 1 aromatic carbocycles. The molecule has 2 heteroatoms. The second kappa shape index (κ2) is 5.00. The summed E-state index contributed by atoms with van der Waals surface area (Å²) in [4.78, 5) is 0. The maximum atomic E-state index is 5.97. The number of ether oxygens (including phenoxy) is 1. The molecule has 15 heavy (non-hydrogen) atoms. The maximum Gasteiger partial charge on any atom is 0.0932 e. The van der Waals surface area contributed by atoms with Crippen LogP contribution in [0.4, 0.5) is 0 Å². The fourth-order valence-corrected chi connectivity index (χ4v) is 2.49. The Bertz CT molecular complexity index is 291. The Hall–Kier alpha value is -0.530. The average Bonchev–Trinajstić information content (AvgIpc) is 2.78. The number of hydrogen-bond acceptors (Lipinski definition) is 1. The van der Waals surface area contributed by atoms with Crippen molar-refractivity contribution in [3.05, 3.63) is 35.9 Å². The van der Waals surface area contributed by atoms with Gasteiger partial charge >= 0.3 is 0 Å². The van der Waals surface area contributed by atoms with Crippen LogP contribution in [0.15, 0.2) is 30.3 Å². The molecule has 0 radical (unpaired) electrons. The maximum absolute atomic E-state index is 5.97. The first-order chi connectivity index (χ1) is 7.37. The van der Waals surface area contributed by atoms with E-state index in [4.69, 9.17) is 16.3 Å². The molecule has 0 saturated carbocycles. The van der Waals surface area contributed by atoms with Gasteiger partial charge in [-0.3, -0.25) is 0 Å². The number of alkyl halides is 1. The number of halogens is 1. The molecule has 2 rings (SSSR count). The third-order valence-corrected chi connectivity index (χ3v) is 3.38. The molecule has 1 atom stereocenters. The summed E-state index contributed by atoms with van der Waals surface area (Å²) < 4.78 is 5.97. The molecule has 1 nitrogen and oxygen atoms in total. The molecule has 0 aromatic heterocycles. The lowest BCUT2D eigenvalue weighted by molar-refractivity contribution is -0.00754. The Morgan fingerprint density at radius 3 is 2.67 bits per heavy atom. The van der Waals surface area contributed by atoms with E-state index in [0.29, 0.717) is 0 Å². The van der Waals surface area contributed by atoms with E-state index in [9.17, 15) is 0 Å². The van der Waals surface area contributed by atoms with E-state index < -0.39 is 0 Å². The van der Waals surface area contributed by atoms with Crippen LogP contribution in [0, 0.1) is 0 Å². The van der Waals surface area contributed by atoms with E-state index in [1.54, 1.807) is 0 Å². The summed E-state index contributed by atoms with van der Waals surface area (Å²) in [6.45, 7) is 0.886. The SMILES string of the molecule is ClCCC[C@]1(c2ccccc2)CCCO1. The van der Waals surface area contributed by atoms with Crippen LogP contribution < -0.4 is 0 Å². The minimum atomic E-state index is -0.0455. The van der Waals surface area contributed by atoms with Crippen LogP contribution in [-0.2, 0) is 10.3 Å². The van der Waals surface area contributed by atoms with Crippen LogP contribution in [0.2, 0.25) is 0 Å². The van der Waals surface area contributed by atoms with E-state index in [1.807, 2.05) is 6.07 Å². The van der Waals surface area contributed by atoms with Gasteiger partial charge in [-0.1, -0.05) is 30.3 Å². The van der Waals surface area contributed by atoms with Crippen molar-refractivity contribution in [1.82, 2.24) is 0 Å². The van der Waals surface area contributed by atoms with Gasteiger partial charge in [0.2, 0.25) is 0 Å². The second-order valence-electron chi connectivity index (χ2n) is 4.10. The third-order valence-electron chi connectivity index (χ3n) is 3.12. The van der Waals surface area contributed by atoms with Gasteiger partial charge in [-0.25, -0.2) is 0 Å². The highest BCUT2D eigenvalue weighted by molar-refractivity contribution is 6.17. The van der Waals surface area contributed by atoms with Crippen molar-refractivity contribution < 1.29 is 4.74 Å². The first-order valence-electron chi connectivity index (χ1n) is 5.63. The van der Waals surface area contributed by atoms with Crippen LogP contribution in [0.1, 0.15) is 31.2 Å². The Kier molecular flexibility index (Phi) is 3.66. The third kappa shape index (κ3) is 2.35. The Morgan fingerprint density at radius 1 is 1.27 bits per heavy atom. The molecule has 1 aromatic rings. The summed E-state index contributed by atoms with van der Waals surface area (Å²) in [6.07, 6.45) is 4.36. The Labute approximate surface area is 96.4 Å². The van der Waals surface area contributed by atoms with E-state index in [1.165, 1.54) is 5.56 Å². The lowest BCUT2D eigenvalue weighted by atomic mass is 9.87. The molecule has 82 valence electrons. The summed E-state index contributed by atoms with van der Waals surface area (Å²) >= 11 is 5.77. The second-order valence-corrected chi connectivity index (χ2v) is 4.48. The number of rotatable bonds is 4. The average molecular weight is 225 g/mol. The highest BCUT2D eigenvalue weighted by atomic mass is 35.5. The van der Waals surface area contributed by atoms with Crippen LogP contribution in [-0.4, -0.2) is 12.5 Å². The zero-order chi connectivity index (χ0) is 10.6. The van der Waals surface area contributed by atoms with Gasteiger partial charge in [-0.05, 0) is 31.2 Å². The first-order valence-corrected chi connectivity index (χ1v) is 6.16. The van der Waals surface area contributed by atoms with Crippen LogP contribution >= 0.6 is 11.6 Å². The molecule has 0 unspecified atom stereocenters. The van der Waals surface area contributed by atoms with E-state index in [-0.39, 0.29) is 5.60 Å². The van der Waals surface area contributed by atoms with Crippen LogP contribution in [0.5, 0.6) is 0 Å². The molecule has 0 amide bonds. The minimum Gasteiger partial charge on any atom is -0.370 e. The van der Waals surface area contributed by atoms with Gasteiger partial charge in [0, 0.05) is 12.5 Å². The van der Waals surface area contributed by atoms with E-state index in [0.717, 1.165) is 38.2 Å². The molecular weight excluding hydrogens is 208 g/mol. The quantitative estimate of drug-likeness (QED) is 0.709. The monoisotopic (exact) mass is 224 g/mol. The van der Waals surface area contributed by atoms with Crippen molar-refractivity contribution in [1.29, 1.82) is 0 Å². The Morgan fingerprint density at radius 2 is 2.07 bits per heavy atom. The van der Waals surface area contributed by atoms with Crippen molar-refractivity contribution in [2.24, 2.45) is 0 Å². The van der Waals surface area contributed by atoms with Crippen molar-refractivity contribution in [2.75, 3.05) is 12.5 Å². The predicted molar refractivity (Wildman–Crippen MR) is 63.3 cm³/mol. The van der Waals surface area contributed by atoms with Gasteiger partial charge in [0.25, 0.3) is 0 Å². The summed E-state index contributed by atoms with van der Waals surface area (Å²) in [7, 11) is 0. The van der Waals surface area contributed by atoms with Crippen molar-refractivity contribution in [3.8, 4) is 0 Å². The smallest absolute Gasteiger partial charge is 0.0932 e. The fourth-order valence-electron chi connectivity index (χ4n) is 2.36. The van der Waals surface area contributed by atoms with Crippen molar-refractivity contribution in [2.45, 2.75) is 31.3 Å². The minimum absolute atomic E-state index is 0.0455. The summed E-state index contributed by atoms with van der Waals surface area (Å²) in [5.41, 5.74) is 1.27. The zero-order valence-corrected chi connectivity index (χ0v) is 9.67.